The fourth-order valence-corrected chi connectivity index (χ4v) is 1.92. The summed E-state index contributed by atoms with van der Waals surface area (Å²) < 4.78 is 6.56. The fourth-order valence-electron chi connectivity index (χ4n) is 1.92. The summed E-state index contributed by atoms with van der Waals surface area (Å²) in [6, 6.07) is 5.37. The molecule has 0 amide bonds. The number of aromatic nitrogens is 1. The Kier molecular flexibility index (Phi) is 3.04. The number of nitrogens with two attached hydrogens (primary N) is 2. The third-order valence-corrected chi connectivity index (χ3v) is 3.54. The van der Waals surface area contributed by atoms with Crippen LogP contribution in [0.1, 0.15) is 25.5 Å². The maximum absolute atomic E-state index is 11.4. The van der Waals surface area contributed by atoms with Crippen molar-refractivity contribution in [2.75, 3.05) is 6.54 Å². The molecule has 0 bridgehead atoms. The highest BCUT2D eigenvalue weighted by Gasteiger charge is 2.26. The third-order valence-electron chi connectivity index (χ3n) is 3.54. The number of fused-ring (bicyclic) bond motifs is 1. The van der Waals surface area contributed by atoms with Gasteiger partial charge in [0.15, 0.2) is 5.58 Å². The molecular formula is C13H19N3O2. The molecule has 1 aromatic heterocycles. The number of oxazole rings is 1. The van der Waals surface area contributed by atoms with E-state index in [4.69, 9.17) is 15.9 Å². The minimum atomic E-state index is -0.367. The zero-order valence-corrected chi connectivity index (χ0v) is 10.9. The highest BCUT2D eigenvalue weighted by molar-refractivity contribution is 5.73. The first-order valence-corrected chi connectivity index (χ1v) is 5.92. The van der Waals surface area contributed by atoms with Crippen LogP contribution in [0.2, 0.25) is 0 Å². The van der Waals surface area contributed by atoms with Gasteiger partial charge in [-0.1, -0.05) is 19.9 Å². The molecule has 98 valence electrons. The second-order valence-corrected chi connectivity index (χ2v) is 5.32. The number of benzene rings is 1. The van der Waals surface area contributed by atoms with Crippen LogP contribution in [0.4, 0.5) is 0 Å². The van der Waals surface area contributed by atoms with Gasteiger partial charge in [-0.05, 0) is 29.7 Å². The number of hydrogen-bond acceptors (Lipinski definition) is 4. The molecule has 18 heavy (non-hydrogen) atoms. The van der Waals surface area contributed by atoms with Crippen LogP contribution < -0.4 is 17.2 Å². The predicted octanol–water partition coefficient (Wildman–Crippen LogP) is 1.12. The normalized spacial score (nSPS) is 14.1. The van der Waals surface area contributed by atoms with Crippen molar-refractivity contribution in [1.82, 2.24) is 4.57 Å². The van der Waals surface area contributed by atoms with Crippen LogP contribution in [0.5, 0.6) is 0 Å². The molecule has 0 aliphatic carbocycles. The van der Waals surface area contributed by atoms with Crippen molar-refractivity contribution in [2.45, 2.75) is 19.9 Å². The lowest BCUT2D eigenvalue weighted by Gasteiger charge is -2.30. The van der Waals surface area contributed by atoms with Gasteiger partial charge in [-0.3, -0.25) is 4.57 Å². The van der Waals surface area contributed by atoms with Gasteiger partial charge in [-0.2, -0.15) is 0 Å². The molecule has 5 heteroatoms. The van der Waals surface area contributed by atoms with Gasteiger partial charge in [-0.15, -0.1) is 0 Å². The maximum Gasteiger partial charge on any atom is 0.419 e. The average Bonchev–Trinajstić information content (AvgIpc) is 2.64. The minimum absolute atomic E-state index is 0.183. The summed E-state index contributed by atoms with van der Waals surface area (Å²) in [6.45, 7) is 4.54. The third kappa shape index (κ3) is 1.95. The summed E-state index contributed by atoms with van der Waals surface area (Å²) in [6.07, 6.45) is 0. The second kappa shape index (κ2) is 4.26. The SMILES string of the molecule is Cn1c(=O)oc2ccc(C(N)C(C)(C)CN)cc21. The molecule has 0 radical (unpaired) electrons. The van der Waals surface area contributed by atoms with Crippen LogP contribution in [-0.4, -0.2) is 11.1 Å². The predicted molar refractivity (Wildman–Crippen MR) is 71.2 cm³/mol. The Balaban J connectivity index is 2.53. The smallest absolute Gasteiger partial charge is 0.408 e. The van der Waals surface area contributed by atoms with E-state index in [1.165, 1.54) is 4.57 Å². The Morgan fingerprint density at radius 1 is 1.44 bits per heavy atom. The lowest BCUT2D eigenvalue weighted by atomic mass is 9.81. The Labute approximate surface area is 105 Å². The standard InChI is InChI=1S/C13H19N3O2/c1-13(2,7-14)11(15)8-4-5-10-9(6-8)16(3)12(17)18-10/h4-6,11H,7,14-15H2,1-3H3. The Morgan fingerprint density at radius 3 is 2.72 bits per heavy atom. The van der Waals surface area contributed by atoms with Gasteiger partial charge >= 0.3 is 5.76 Å². The lowest BCUT2D eigenvalue weighted by molar-refractivity contribution is 0.301. The summed E-state index contributed by atoms with van der Waals surface area (Å²) in [7, 11) is 1.68. The van der Waals surface area contributed by atoms with Crippen LogP contribution in [-0.2, 0) is 7.05 Å². The molecule has 0 saturated carbocycles. The van der Waals surface area contributed by atoms with Crippen molar-refractivity contribution >= 4 is 11.1 Å². The Bertz CT molecular complexity index is 625. The van der Waals surface area contributed by atoms with Crippen LogP contribution >= 0.6 is 0 Å². The highest BCUT2D eigenvalue weighted by atomic mass is 16.4. The minimum Gasteiger partial charge on any atom is -0.408 e. The van der Waals surface area contributed by atoms with Crippen LogP contribution in [0.15, 0.2) is 27.4 Å². The molecule has 4 N–H and O–H groups in total. The van der Waals surface area contributed by atoms with Crippen molar-refractivity contribution in [3.05, 3.63) is 34.3 Å². The van der Waals surface area contributed by atoms with E-state index in [2.05, 4.69) is 0 Å². The molecule has 1 unspecified atom stereocenters. The van der Waals surface area contributed by atoms with Gasteiger partial charge in [0.2, 0.25) is 0 Å². The summed E-state index contributed by atoms with van der Waals surface area (Å²) in [5, 5.41) is 0. The lowest BCUT2D eigenvalue weighted by Crippen LogP contribution is -2.35. The van der Waals surface area contributed by atoms with Crippen molar-refractivity contribution in [2.24, 2.45) is 23.9 Å². The molecule has 1 aromatic carbocycles. The quantitative estimate of drug-likeness (QED) is 0.853. The van der Waals surface area contributed by atoms with E-state index in [1.54, 1.807) is 13.1 Å². The van der Waals surface area contributed by atoms with E-state index in [9.17, 15) is 4.79 Å². The van der Waals surface area contributed by atoms with Gasteiger partial charge in [0.05, 0.1) is 5.52 Å². The molecule has 5 nitrogen and oxygen atoms in total. The number of rotatable bonds is 3. The molecule has 0 saturated heterocycles. The van der Waals surface area contributed by atoms with Crippen molar-refractivity contribution in [3.8, 4) is 0 Å². The van der Waals surface area contributed by atoms with E-state index in [0.29, 0.717) is 12.1 Å². The van der Waals surface area contributed by atoms with Crippen molar-refractivity contribution < 1.29 is 4.42 Å². The topological polar surface area (TPSA) is 87.2 Å². The molecule has 2 aromatic rings. The first-order valence-electron chi connectivity index (χ1n) is 5.92. The molecule has 2 rings (SSSR count). The molecule has 0 fully saturated rings. The van der Waals surface area contributed by atoms with Crippen molar-refractivity contribution in [1.29, 1.82) is 0 Å². The summed E-state index contributed by atoms with van der Waals surface area (Å²) in [4.78, 5) is 11.4. The zero-order chi connectivity index (χ0) is 13.5. The van der Waals surface area contributed by atoms with E-state index in [-0.39, 0.29) is 17.2 Å². The molecule has 1 heterocycles. The van der Waals surface area contributed by atoms with E-state index >= 15 is 0 Å². The Hall–Kier alpha value is -1.59. The Morgan fingerprint density at radius 2 is 2.11 bits per heavy atom. The van der Waals surface area contributed by atoms with Crippen LogP contribution in [0, 0.1) is 5.41 Å². The van der Waals surface area contributed by atoms with E-state index < -0.39 is 0 Å². The number of aryl methyl sites for hydroxylation is 1. The number of nitrogens with zero attached hydrogens (tertiary/aromatic N) is 1. The molecule has 0 aliphatic heterocycles. The summed E-state index contributed by atoms with van der Waals surface area (Å²) in [5.74, 6) is -0.367. The average molecular weight is 249 g/mol. The first-order chi connectivity index (χ1) is 8.36. The molecule has 1 atom stereocenters. The number of hydrogen-bond donors (Lipinski definition) is 2. The largest absolute Gasteiger partial charge is 0.419 e. The van der Waals surface area contributed by atoms with Gasteiger partial charge in [0, 0.05) is 13.1 Å². The van der Waals surface area contributed by atoms with Gasteiger partial charge in [0.1, 0.15) is 0 Å². The summed E-state index contributed by atoms with van der Waals surface area (Å²) >= 11 is 0. The molecular weight excluding hydrogens is 230 g/mol. The van der Waals surface area contributed by atoms with Gasteiger partial charge in [0.25, 0.3) is 0 Å². The second-order valence-electron chi connectivity index (χ2n) is 5.32. The summed E-state index contributed by atoms with van der Waals surface area (Å²) in [5.41, 5.74) is 14.0. The zero-order valence-electron chi connectivity index (χ0n) is 10.9. The monoisotopic (exact) mass is 249 g/mol. The molecule has 0 spiro atoms. The van der Waals surface area contributed by atoms with Gasteiger partial charge < -0.3 is 15.9 Å². The highest BCUT2D eigenvalue weighted by Crippen LogP contribution is 2.31. The first kappa shape index (κ1) is 12.9. The van der Waals surface area contributed by atoms with E-state index in [1.807, 2.05) is 26.0 Å². The van der Waals surface area contributed by atoms with Gasteiger partial charge in [-0.25, -0.2) is 4.79 Å². The van der Waals surface area contributed by atoms with Crippen LogP contribution in [0.25, 0.3) is 11.1 Å². The van der Waals surface area contributed by atoms with Crippen LogP contribution in [0.3, 0.4) is 0 Å². The van der Waals surface area contributed by atoms with E-state index in [0.717, 1.165) is 11.1 Å². The fraction of sp³-hybridized carbons (Fsp3) is 0.462. The maximum atomic E-state index is 11.4. The van der Waals surface area contributed by atoms with Crippen molar-refractivity contribution in [3.63, 3.8) is 0 Å². The molecule has 0 aliphatic rings.